The second-order valence-corrected chi connectivity index (χ2v) is 8.62. The van der Waals surface area contributed by atoms with Gasteiger partial charge in [0.25, 0.3) is 0 Å². The van der Waals surface area contributed by atoms with Crippen molar-refractivity contribution in [2.24, 2.45) is 28.6 Å². The Bertz CT molecular complexity index is 542. The van der Waals surface area contributed by atoms with E-state index in [1.165, 1.54) is 24.8 Å². The Hall–Kier alpha value is -0.700. The van der Waals surface area contributed by atoms with Gasteiger partial charge in [0.15, 0.2) is 12.0 Å². The summed E-state index contributed by atoms with van der Waals surface area (Å²) in [6.07, 6.45) is 7.10. The number of halogens is 1. The van der Waals surface area contributed by atoms with E-state index in [1.807, 2.05) is 6.92 Å². The molecule has 0 aromatic carbocycles. The zero-order valence-electron chi connectivity index (χ0n) is 13.6. The minimum Gasteiger partial charge on any atom is -0.389 e. The summed E-state index contributed by atoms with van der Waals surface area (Å²) in [7, 11) is 0. The molecule has 0 saturated heterocycles. The van der Waals surface area contributed by atoms with Crippen LogP contribution >= 0.6 is 0 Å². The van der Waals surface area contributed by atoms with Crippen LogP contribution in [-0.4, -0.2) is 23.2 Å². The summed E-state index contributed by atoms with van der Waals surface area (Å²) in [6, 6.07) is 0. The first kappa shape index (κ1) is 14.9. The molecule has 0 amide bonds. The lowest BCUT2D eigenvalue weighted by atomic mass is 9.47. The van der Waals surface area contributed by atoms with Crippen LogP contribution < -0.4 is 0 Å². The molecule has 4 aliphatic rings. The number of fused-ring (bicyclic) bond motifs is 5. The van der Waals surface area contributed by atoms with Crippen molar-refractivity contribution in [2.45, 2.75) is 71.1 Å². The predicted molar refractivity (Wildman–Crippen MR) is 83.0 cm³/mol. The Labute approximate surface area is 132 Å². The maximum atomic E-state index is 14.1. The van der Waals surface area contributed by atoms with Gasteiger partial charge in [-0.1, -0.05) is 31.9 Å². The van der Waals surface area contributed by atoms with Crippen LogP contribution in [0.4, 0.5) is 4.39 Å². The summed E-state index contributed by atoms with van der Waals surface area (Å²) in [6.45, 7) is 4.30. The Kier molecular flexibility index (Phi) is 3.15. The van der Waals surface area contributed by atoms with Gasteiger partial charge in [0.1, 0.15) is 0 Å². The van der Waals surface area contributed by atoms with E-state index in [0.29, 0.717) is 12.3 Å². The van der Waals surface area contributed by atoms with Gasteiger partial charge in [-0.05, 0) is 61.7 Å². The van der Waals surface area contributed by atoms with Crippen LogP contribution in [0.25, 0.3) is 0 Å². The van der Waals surface area contributed by atoms with Crippen LogP contribution in [-0.2, 0) is 4.79 Å². The van der Waals surface area contributed by atoms with Crippen LogP contribution in [0, 0.1) is 28.6 Å². The van der Waals surface area contributed by atoms with Gasteiger partial charge in [0.2, 0.25) is 0 Å². The monoisotopic (exact) mass is 306 g/mol. The Balaban J connectivity index is 1.76. The minimum absolute atomic E-state index is 0.0142. The fraction of sp³-hybridized carbons (Fsp3) is 0.842. The second-order valence-electron chi connectivity index (χ2n) is 8.62. The number of allylic oxidation sites excluding steroid dienone is 1. The number of aliphatic hydroxyl groups excluding tert-OH is 1. The van der Waals surface area contributed by atoms with Crippen molar-refractivity contribution < 1.29 is 14.3 Å². The van der Waals surface area contributed by atoms with Gasteiger partial charge in [0.05, 0.1) is 6.10 Å². The van der Waals surface area contributed by atoms with E-state index >= 15 is 0 Å². The van der Waals surface area contributed by atoms with Gasteiger partial charge in [-0.15, -0.1) is 0 Å². The Morgan fingerprint density at radius 1 is 1.18 bits per heavy atom. The van der Waals surface area contributed by atoms with Crippen LogP contribution in [0.1, 0.15) is 58.8 Å². The molecule has 3 saturated carbocycles. The standard InChI is InChI=1S/C19H27FO2/c1-18-7-4-3-5-11(18)9-15(21)16-12(18)6-8-19(2)13(16)10-14(20)17(19)22/h9,12-16,21H,3-8,10H2,1-2H3/t12-,13-,14-,15-,16+,18-,19-/m0/s1. The third-order valence-corrected chi connectivity index (χ3v) is 7.74. The Morgan fingerprint density at radius 2 is 1.95 bits per heavy atom. The second kappa shape index (κ2) is 4.66. The number of rotatable bonds is 0. The first-order valence-electron chi connectivity index (χ1n) is 8.95. The molecule has 3 fully saturated rings. The summed E-state index contributed by atoms with van der Waals surface area (Å²) in [5.74, 6) is 0.293. The molecular formula is C19H27FO2. The zero-order chi connectivity index (χ0) is 15.7. The van der Waals surface area contributed by atoms with Gasteiger partial charge in [-0.2, -0.15) is 0 Å². The van der Waals surface area contributed by atoms with Crippen LogP contribution in [0.15, 0.2) is 11.6 Å². The molecule has 22 heavy (non-hydrogen) atoms. The van der Waals surface area contributed by atoms with E-state index in [0.717, 1.165) is 19.3 Å². The SMILES string of the molecule is C[C@]12CCCCC1=C[C@H](O)[C@@H]1[C@@H]2CC[C@]2(C)C(=O)[C@@H](F)C[C@@H]12. The number of ketones is 1. The molecular weight excluding hydrogens is 279 g/mol. The van der Waals surface area contributed by atoms with Crippen LogP contribution in [0.5, 0.6) is 0 Å². The molecule has 4 rings (SSSR count). The van der Waals surface area contributed by atoms with Crippen molar-refractivity contribution >= 4 is 5.78 Å². The van der Waals surface area contributed by atoms with Crippen LogP contribution in [0.2, 0.25) is 0 Å². The summed E-state index contributed by atoms with van der Waals surface area (Å²) in [4.78, 5) is 12.3. The molecule has 0 aromatic rings. The van der Waals surface area contributed by atoms with Crippen molar-refractivity contribution in [3.05, 3.63) is 11.6 Å². The first-order valence-corrected chi connectivity index (χ1v) is 8.95. The minimum atomic E-state index is -1.31. The maximum absolute atomic E-state index is 14.1. The number of hydrogen-bond donors (Lipinski definition) is 1. The lowest BCUT2D eigenvalue weighted by Gasteiger charge is -2.57. The third kappa shape index (κ3) is 1.72. The molecule has 0 heterocycles. The molecule has 0 unspecified atom stereocenters. The molecule has 122 valence electrons. The summed E-state index contributed by atoms with van der Waals surface area (Å²) >= 11 is 0. The summed E-state index contributed by atoms with van der Waals surface area (Å²) < 4.78 is 14.1. The van der Waals surface area contributed by atoms with Gasteiger partial charge in [-0.3, -0.25) is 4.79 Å². The van der Waals surface area contributed by atoms with Gasteiger partial charge in [-0.25, -0.2) is 4.39 Å². The topological polar surface area (TPSA) is 37.3 Å². The van der Waals surface area contributed by atoms with Crippen molar-refractivity contribution in [2.75, 3.05) is 0 Å². The van der Waals surface area contributed by atoms with Gasteiger partial charge >= 0.3 is 0 Å². The lowest BCUT2D eigenvalue weighted by molar-refractivity contribution is -0.137. The number of alkyl halides is 1. The van der Waals surface area contributed by atoms with E-state index in [4.69, 9.17) is 0 Å². The highest BCUT2D eigenvalue weighted by Gasteiger charge is 2.62. The zero-order valence-corrected chi connectivity index (χ0v) is 13.6. The molecule has 7 atom stereocenters. The predicted octanol–water partition coefficient (Wildman–Crippen LogP) is 3.83. The van der Waals surface area contributed by atoms with Crippen LogP contribution in [0.3, 0.4) is 0 Å². The van der Waals surface area contributed by atoms with Crippen molar-refractivity contribution in [3.63, 3.8) is 0 Å². The highest BCUT2D eigenvalue weighted by molar-refractivity contribution is 5.91. The summed E-state index contributed by atoms with van der Waals surface area (Å²) in [5.41, 5.74) is 1.05. The molecule has 0 spiro atoms. The highest BCUT2D eigenvalue weighted by Crippen LogP contribution is 2.64. The number of hydrogen-bond acceptors (Lipinski definition) is 2. The van der Waals surface area contributed by atoms with Gasteiger partial charge in [0, 0.05) is 5.41 Å². The largest absolute Gasteiger partial charge is 0.389 e. The number of carbonyl (C=O) groups excluding carboxylic acids is 1. The molecule has 0 aromatic heterocycles. The number of aliphatic hydroxyl groups is 1. The molecule has 0 aliphatic heterocycles. The van der Waals surface area contributed by atoms with Crippen molar-refractivity contribution in [1.29, 1.82) is 0 Å². The van der Waals surface area contributed by atoms with Gasteiger partial charge < -0.3 is 5.11 Å². The number of carbonyl (C=O) groups is 1. The maximum Gasteiger partial charge on any atom is 0.173 e. The molecule has 0 radical (unpaired) electrons. The van der Waals surface area contributed by atoms with E-state index < -0.39 is 17.7 Å². The smallest absolute Gasteiger partial charge is 0.173 e. The molecule has 3 heteroatoms. The fourth-order valence-corrected chi connectivity index (χ4v) is 6.44. The van der Waals surface area contributed by atoms with Crippen molar-refractivity contribution in [1.82, 2.24) is 0 Å². The Morgan fingerprint density at radius 3 is 2.73 bits per heavy atom. The van der Waals surface area contributed by atoms with Crippen molar-refractivity contribution in [3.8, 4) is 0 Å². The fourth-order valence-electron chi connectivity index (χ4n) is 6.44. The number of Topliss-reactive ketones (excluding diaryl/α,β-unsaturated/α-hetero) is 1. The van der Waals surface area contributed by atoms with E-state index in [-0.39, 0.29) is 23.0 Å². The molecule has 0 bridgehead atoms. The average molecular weight is 306 g/mol. The van der Waals surface area contributed by atoms with E-state index in [1.54, 1.807) is 0 Å². The summed E-state index contributed by atoms with van der Waals surface area (Å²) in [5, 5.41) is 10.8. The quantitative estimate of drug-likeness (QED) is 0.691. The average Bonchev–Trinajstić information content (AvgIpc) is 2.71. The van der Waals surface area contributed by atoms with E-state index in [9.17, 15) is 14.3 Å². The molecule has 1 N–H and O–H groups in total. The lowest BCUT2D eigenvalue weighted by Crippen LogP contribution is -2.54. The third-order valence-electron chi connectivity index (χ3n) is 7.74. The first-order chi connectivity index (χ1) is 10.4. The molecule has 2 nitrogen and oxygen atoms in total. The highest BCUT2D eigenvalue weighted by atomic mass is 19.1. The normalized spacial score (nSPS) is 54.3. The van der Waals surface area contributed by atoms with E-state index in [2.05, 4.69) is 13.0 Å². The molecule has 4 aliphatic carbocycles.